The molecule has 0 amide bonds. The average Bonchev–Trinajstić information content (AvgIpc) is 2.64. The molecule has 0 radical (unpaired) electrons. The summed E-state index contributed by atoms with van der Waals surface area (Å²) in [6, 6.07) is 0.850. The topological polar surface area (TPSA) is 80.4 Å². The van der Waals surface area contributed by atoms with E-state index in [9.17, 15) is 14.9 Å². The number of carboxylic acid groups (broad SMARTS) is 1. The van der Waals surface area contributed by atoms with Gasteiger partial charge in [-0.1, -0.05) is 0 Å². The van der Waals surface area contributed by atoms with Crippen LogP contribution >= 0.6 is 39.0 Å². The normalized spacial score (nSPS) is 14.2. The van der Waals surface area contributed by atoms with E-state index in [0.29, 0.717) is 4.88 Å². The predicted octanol–water partition coefficient (Wildman–Crippen LogP) is 3.03. The Kier molecular flexibility index (Phi) is 5.41. The summed E-state index contributed by atoms with van der Waals surface area (Å²) in [6.45, 7) is 1.52. The van der Waals surface area contributed by atoms with E-state index in [0.717, 1.165) is 16.2 Å². The number of aliphatic carboxylic acids is 1. The average molecular weight is 340 g/mol. The Bertz CT molecular complexity index is 423. The van der Waals surface area contributed by atoms with Crippen LogP contribution in [0.3, 0.4) is 0 Å². The van der Waals surface area contributed by atoms with E-state index in [1.54, 1.807) is 11.4 Å². The van der Waals surface area contributed by atoms with Gasteiger partial charge in [-0.3, -0.25) is 14.9 Å². The second-order valence-electron chi connectivity index (χ2n) is 3.28. The highest BCUT2D eigenvalue weighted by Gasteiger charge is 2.26. The fourth-order valence-corrected chi connectivity index (χ4v) is 3.59. The SMILES string of the molecule is CC(SCC(c1cc(Br)cs1)[N+](=O)[O-])C(=O)O. The number of hydrogen-bond acceptors (Lipinski definition) is 5. The smallest absolute Gasteiger partial charge is 0.316 e. The summed E-state index contributed by atoms with van der Waals surface area (Å²) in [7, 11) is 0. The highest BCUT2D eigenvalue weighted by Crippen LogP contribution is 2.30. The molecule has 5 nitrogen and oxygen atoms in total. The second kappa shape index (κ2) is 6.36. The van der Waals surface area contributed by atoms with Gasteiger partial charge >= 0.3 is 5.97 Å². The monoisotopic (exact) mass is 339 g/mol. The van der Waals surface area contributed by atoms with Crippen LogP contribution in [-0.2, 0) is 4.79 Å². The van der Waals surface area contributed by atoms with Gasteiger partial charge in [-0.05, 0) is 28.9 Å². The van der Waals surface area contributed by atoms with Crippen molar-refractivity contribution in [2.75, 3.05) is 5.75 Å². The van der Waals surface area contributed by atoms with Gasteiger partial charge in [-0.25, -0.2) is 0 Å². The van der Waals surface area contributed by atoms with E-state index in [1.807, 2.05) is 0 Å². The second-order valence-corrected chi connectivity index (χ2v) is 6.51. The van der Waals surface area contributed by atoms with Crippen molar-refractivity contribution in [2.24, 2.45) is 0 Å². The van der Waals surface area contributed by atoms with E-state index in [4.69, 9.17) is 5.11 Å². The van der Waals surface area contributed by atoms with E-state index in [2.05, 4.69) is 15.9 Å². The first-order valence-corrected chi connectivity index (χ1v) is 7.35. The summed E-state index contributed by atoms with van der Waals surface area (Å²) in [4.78, 5) is 21.8. The third-order valence-corrected chi connectivity index (χ3v) is 5.03. The lowest BCUT2D eigenvalue weighted by Crippen LogP contribution is -2.17. The predicted molar refractivity (Wildman–Crippen MR) is 71.3 cm³/mol. The molecule has 0 aromatic carbocycles. The van der Waals surface area contributed by atoms with Crippen LogP contribution in [-0.4, -0.2) is 27.0 Å². The van der Waals surface area contributed by atoms with Gasteiger partial charge < -0.3 is 5.11 Å². The Morgan fingerprint density at radius 3 is 2.82 bits per heavy atom. The number of rotatable bonds is 6. The Labute approximate surface area is 114 Å². The standard InChI is InChI=1S/C9H10BrNO4S2/c1-5(9(12)13)16-4-7(11(14)15)8-2-6(10)3-17-8/h2-3,5,7H,4H2,1H3,(H,12,13). The number of halogens is 1. The van der Waals surface area contributed by atoms with Crippen LogP contribution in [0.4, 0.5) is 0 Å². The molecule has 1 N–H and O–H groups in total. The quantitative estimate of drug-likeness (QED) is 0.636. The van der Waals surface area contributed by atoms with Crippen molar-refractivity contribution in [1.82, 2.24) is 0 Å². The van der Waals surface area contributed by atoms with Crippen LogP contribution in [0.15, 0.2) is 15.9 Å². The Balaban J connectivity index is 2.68. The molecule has 0 aliphatic carbocycles. The number of carboxylic acids is 1. The van der Waals surface area contributed by atoms with Crippen LogP contribution in [0.25, 0.3) is 0 Å². The molecule has 8 heteroatoms. The molecular formula is C9H10BrNO4S2. The molecule has 0 spiro atoms. The van der Waals surface area contributed by atoms with Gasteiger partial charge in [0.1, 0.15) is 0 Å². The van der Waals surface area contributed by atoms with Gasteiger partial charge in [-0.2, -0.15) is 0 Å². The molecule has 0 saturated heterocycles. The highest BCUT2D eigenvalue weighted by atomic mass is 79.9. The van der Waals surface area contributed by atoms with Crippen molar-refractivity contribution in [3.63, 3.8) is 0 Å². The van der Waals surface area contributed by atoms with Gasteiger partial charge in [0.2, 0.25) is 0 Å². The molecule has 2 atom stereocenters. The lowest BCUT2D eigenvalue weighted by Gasteiger charge is -2.09. The van der Waals surface area contributed by atoms with Gasteiger partial charge in [-0.15, -0.1) is 23.1 Å². The number of thioether (sulfide) groups is 1. The van der Waals surface area contributed by atoms with Crippen LogP contribution in [0.1, 0.15) is 17.8 Å². The van der Waals surface area contributed by atoms with E-state index < -0.39 is 17.3 Å². The lowest BCUT2D eigenvalue weighted by atomic mass is 10.3. The van der Waals surface area contributed by atoms with Crippen molar-refractivity contribution < 1.29 is 14.8 Å². The fraction of sp³-hybridized carbons (Fsp3) is 0.444. The van der Waals surface area contributed by atoms with Gasteiger partial charge in [0.05, 0.1) is 15.9 Å². The highest BCUT2D eigenvalue weighted by molar-refractivity contribution is 9.10. The molecule has 1 rings (SSSR count). The van der Waals surface area contributed by atoms with Gasteiger partial charge in [0.25, 0.3) is 6.04 Å². The maximum absolute atomic E-state index is 10.9. The van der Waals surface area contributed by atoms with Crippen molar-refractivity contribution in [3.8, 4) is 0 Å². The molecule has 2 unspecified atom stereocenters. The zero-order chi connectivity index (χ0) is 13.0. The molecule has 0 bridgehead atoms. The van der Waals surface area contributed by atoms with Crippen molar-refractivity contribution in [2.45, 2.75) is 18.2 Å². The van der Waals surface area contributed by atoms with E-state index >= 15 is 0 Å². The maximum Gasteiger partial charge on any atom is 0.316 e. The Morgan fingerprint density at radius 1 is 1.76 bits per heavy atom. The first-order chi connectivity index (χ1) is 7.91. The van der Waals surface area contributed by atoms with Crippen molar-refractivity contribution in [3.05, 3.63) is 30.9 Å². The molecule has 0 aliphatic rings. The summed E-state index contributed by atoms with van der Waals surface area (Å²) in [6.07, 6.45) is 0. The zero-order valence-corrected chi connectivity index (χ0v) is 12.0. The lowest BCUT2D eigenvalue weighted by molar-refractivity contribution is -0.522. The van der Waals surface area contributed by atoms with Gasteiger partial charge in [0.15, 0.2) is 0 Å². The van der Waals surface area contributed by atoms with Crippen LogP contribution in [0.2, 0.25) is 0 Å². The summed E-state index contributed by atoms with van der Waals surface area (Å²) in [5.41, 5.74) is 0. The van der Waals surface area contributed by atoms with E-state index in [-0.39, 0.29) is 10.7 Å². The molecular weight excluding hydrogens is 330 g/mol. The molecule has 1 heterocycles. The molecule has 0 aliphatic heterocycles. The minimum Gasteiger partial charge on any atom is -0.480 e. The maximum atomic E-state index is 10.9. The first-order valence-electron chi connectivity index (χ1n) is 4.63. The van der Waals surface area contributed by atoms with Crippen LogP contribution in [0.5, 0.6) is 0 Å². The molecule has 1 aromatic rings. The first kappa shape index (κ1) is 14.5. The molecule has 17 heavy (non-hydrogen) atoms. The number of nitrogens with zero attached hydrogens (tertiary/aromatic N) is 1. The molecule has 0 fully saturated rings. The molecule has 0 saturated carbocycles. The third-order valence-electron chi connectivity index (χ3n) is 2.02. The number of thiophene rings is 1. The Morgan fingerprint density at radius 2 is 2.41 bits per heavy atom. The third kappa shape index (κ3) is 4.29. The van der Waals surface area contributed by atoms with Crippen LogP contribution in [0, 0.1) is 10.1 Å². The molecule has 1 aromatic heterocycles. The van der Waals surface area contributed by atoms with Crippen molar-refractivity contribution in [1.29, 1.82) is 0 Å². The fourth-order valence-electron chi connectivity index (χ4n) is 1.06. The Hall–Kier alpha value is -0.600. The number of hydrogen-bond donors (Lipinski definition) is 1. The summed E-state index contributed by atoms with van der Waals surface area (Å²) in [5.74, 6) is -0.794. The summed E-state index contributed by atoms with van der Waals surface area (Å²) >= 11 is 5.61. The minimum atomic E-state index is -0.954. The zero-order valence-electron chi connectivity index (χ0n) is 8.83. The minimum absolute atomic E-state index is 0.160. The summed E-state index contributed by atoms with van der Waals surface area (Å²) < 4.78 is 0.806. The van der Waals surface area contributed by atoms with Crippen LogP contribution < -0.4 is 0 Å². The largest absolute Gasteiger partial charge is 0.480 e. The number of nitro groups is 1. The van der Waals surface area contributed by atoms with Gasteiger partial charge in [0, 0.05) is 14.8 Å². The van der Waals surface area contributed by atoms with E-state index in [1.165, 1.54) is 18.3 Å². The molecule has 94 valence electrons. The summed E-state index contributed by atoms with van der Waals surface area (Å²) in [5, 5.41) is 20.8. The number of carbonyl (C=O) groups is 1. The van der Waals surface area contributed by atoms with Crippen molar-refractivity contribution >= 4 is 45.0 Å².